The molecule has 0 fully saturated rings. The smallest absolute Gasteiger partial charge is 0.331 e. The zero-order chi connectivity index (χ0) is 13.2. The van der Waals surface area contributed by atoms with Crippen molar-refractivity contribution in [3.63, 3.8) is 0 Å². The van der Waals surface area contributed by atoms with Gasteiger partial charge in [-0.15, -0.1) is 11.3 Å². The molecule has 3 N–H and O–H groups in total. The zero-order valence-corrected chi connectivity index (χ0v) is 9.56. The number of nitrogens with one attached hydrogen (secondary N) is 2. The van der Waals surface area contributed by atoms with Crippen LogP contribution in [0, 0.1) is 6.07 Å². The molecule has 8 heteroatoms. The lowest BCUT2D eigenvalue weighted by Gasteiger charge is -2.04. The highest BCUT2D eigenvalue weighted by Gasteiger charge is 2.33. The van der Waals surface area contributed by atoms with Crippen LogP contribution in [0.1, 0.15) is 5.69 Å². The summed E-state index contributed by atoms with van der Waals surface area (Å²) in [4.78, 5) is 3.41. The molecule has 1 radical (unpaired) electrons. The van der Waals surface area contributed by atoms with E-state index in [9.17, 15) is 13.2 Å². The van der Waals surface area contributed by atoms with E-state index in [1.165, 1.54) is 0 Å². The number of nitrogens with zero attached hydrogens (tertiary/aromatic N) is 1. The van der Waals surface area contributed by atoms with Gasteiger partial charge < -0.3 is 5.32 Å². The molecule has 0 unspecified atom stereocenters. The average Bonchev–Trinajstić information content (AvgIpc) is 2.77. The normalized spacial score (nSPS) is 11.3. The van der Waals surface area contributed by atoms with Crippen LogP contribution in [0.15, 0.2) is 23.6 Å². The van der Waals surface area contributed by atoms with Crippen LogP contribution in [-0.4, -0.2) is 10.2 Å². The maximum Gasteiger partial charge on any atom is 0.434 e. The Morgan fingerprint density at radius 3 is 2.61 bits per heavy atom. The van der Waals surface area contributed by atoms with E-state index in [2.05, 4.69) is 16.4 Å². The van der Waals surface area contributed by atoms with Crippen LogP contribution in [0.2, 0.25) is 0 Å². The topological polar surface area (TPSA) is 57.2 Å². The molecule has 1 aromatic heterocycles. The third kappa shape index (κ3) is 2.90. The van der Waals surface area contributed by atoms with Gasteiger partial charge in [0.1, 0.15) is 0 Å². The van der Waals surface area contributed by atoms with Gasteiger partial charge in [0.15, 0.2) is 10.8 Å². The molecule has 0 saturated carbocycles. The van der Waals surface area contributed by atoms with Gasteiger partial charge in [0, 0.05) is 11.4 Å². The lowest BCUT2D eigenvalue weighted by Crippen LogP contribution is -2.05. The lowest BCUT2D eigenvalue weighted by molar-refractivity contribution is -0.140. The molecule has 0 aliphatic heterocycles. The molecular formula is C10H7F3N3OS. The first-order chi connectivity index (χ1) is 8.49. The van der Waals surface area contributed by atoms with Crippen LogP contribution >= 0.6 is 11.3 Å². The molecule has 0 amide bonds. The van der Waals surface area contributed by atoms with E-state index in [1.807, 2.05) is 5.48 Å². The van der Waals surface area contributed by atoms with Crippen molar-refractivity contribution in [2.75, 3.05) is 10.8 Å². The molecule has 2 rings (SSSR count). The van der Waals surface area contributed by atoms with Gasteiger partial charge in [0.05, 0.1) is 11.4 Å². The second kappa shape index (κ2) is 4.83. The van der Waals surface area contributed by atoms with Crippen LogP contribution in [-0.2, 0) is 6.18 Å². The van der Waals surface area contributed by atoms with Crippen molar-refractivity contribution in [3.05, 3.63) is 35.3 Å². The number of halogens is 3. The molecule has 0 saturated heterocycles. The minimum atomic E-state index is -4.45. The quantitative estimate of drug-likeness (QED) is 0.750. The van der Waals surface area contributed by atoms with Crippen LogP contribution in [0.3, 0.4) is 0 Å². The Morgan fingerprint density at radius 2 is 2.00 bits per heavy atom. The summed E-state index contributed by atoms with van der Waals surface area (Å²) in [5.41, 5.74) is 1.65. The molecule has 0 aliphatic rings. The maximum atomic E-state index is 12.3. The molecule has 1 heterocycles. The summed E-state index contributed by atoms with van der Waals surface area (Å²) in [6.45, 7) is 0. The summed E-state index contributed by atoms with van der Waals surface area (Å²) >= 11 is 0.840. The molecule has 1 aromatic carbocycles. The van der Waals surface area contributed by atoms with Gasteiger partial charge in [0.2, 0.25) is 0 Å². The maximum absolute atomic E-state index is 12.3. The van der Waals surface area contributed by atoms with Gasteiger partial charge >= 0.3 is 6.18 Å². The van der Waals surface area contributed by atoms with Crippen molar-refractivity contribution in [2.24, 2.45) is 0 Å². The third-order valence-electron chi connectivity index (χ3n) is 1.95. The van der Waals surface area contributed by atoms with E-state index in [1.54, 1.807) is 18.2 Å². The van der Waals surface area contributed by atoms with E-state index < -0.39 is 11.9 Å². The highest BCUT2D eigenvalue weighted by molar-refractivity contribution is 7.13. The van der Waals surface area contributed by atoms with Gasteiger partial charge in [-0.3, -0.25) is 10.7 Å². The monoisotopic (exact) mass is 274 g/mol. The van der Waals surface area contributed by atoms with Gasteiger partial charge in [-0.05, 0) is 12.1 Å². The first-order valence-electron chi connectivity index (χ1n) is 4.71. The fourth-order valence-electron chi connectivity index (χ4n) is 1.18. The van der Waals surface area contributed by atoms with E-state index >= 15 is 0 Å². The lowest BCUT2D eigenvalue weighted by atomic mass is 10.3. The van der Waals surface area contributed by atoms with Gasteiger partial charge in [-0.25, -0.2) is 4.98 Å². The van der Waals surface area contributed by atoms with Crippen molar-refractivity contribution in [3.8, 4) is 0 Å². The standard InChI is InChI=1S/C10H7F3N3OS/c11-10(12,13)8-5-18-9(15-8)14-6-2-1-3-7(4-6)16-17/h1-3,5,16-17H,(H,14,15). The Hall–Kier alpha value is -1.80. The van der Waals surface area contributed by atoms with Crippen molar-refractivity contribution in [1.82, 2.24) is 4.98 Å². The first-order valence-corrected chi connectivity index (χ1v) is 5.59. The average molecular weight is 274 g/mol. The van der Waals surface area contributed by atoms with Crippen molar-refractivity contribution in [1.29, 1.82) is 0 Å². The van der Waals surface area contributed by atoms with E-state index in [4.69, 9.17) is 5.21 Å². The Kier molecular flexibility index (Phi) is 3.39. The number of benzene rings is 1. The minimum Gasteiger partial charge on any atom is -0.331 e. The summed E-state index contributed by atoms with van der Waals surface area (Å²) in [6, 6.07) is 7.45. The van der Waals surface area contributed by atoms with E-state index in [-0.39, 0.29) is 5.13 Å². The van der Waals surface area contributed by atoms with Crippen molar-refractivity contribution < 1.29 is 18.4 Å². The highest BCUT2D eigenvalue weighted by atomic mass is 32.1. The largest absolute Gasteiger partial charge is 0.434 e. The van der Waals surface area contributed by atoms with Gasteiger partial charge in [-0.1, -0.05) is 6.07 Å². The summed E-state index contributed by atoms with van der Waals surface area (Å²) in [6.07, 6.45) is -4.45. The molecule has 95 valence electrons. The fourth-order valence-corrected chi connectivity index (χ4v) is 1.91. The first kappa shape index (κ1) is 12.7. The minimum absolute atomic E-state index is 0.105. The number of rotatable bonds is 3. The Bertz CT molecular complexity index is 541. The second-order valence-corrected chi connectivity index (χ2v) is 4.11. The molecule has 0 atom stereocenters. The molecule has 4 nitrogen and oxygen atoms in total. The summed E-state index contributed by atoms with van der Waals surface area (Å²) in [5.74, 6) is 0. The number of aromatic nitrogens is 1. The Labute approximate surface area is 104 Å². The fraction of sp³-hybridized carbons (Fsp3) is 0.100. The Morgan fingerprint density at radius 1 is 1.28 bits per heavy atom. The van der Waals surface area contributed by atoms with Crippen molar-refractivity contribution in [2.45, 2.75) is 6.18 Å². The van der Waals surface area contributed by atoms with E-state index in [0.717, 1.165) is 16.7 Å². The Balaban J connectivity index is 2.16. The van der Waals surface area contributed by atoms with Crippen LogP contribution in [0.25, 0.3) is 0 Å². The third-order valence-corrected chi connectivity index (χ3v) is 2.71. The second-order valence-electron chi connectivity index (χ2n) is 3.25. The van der Waals surface area contributed by atoms with Crippen LogP contribution in [0.4, 0.5) is 29.7 Å². The molecular weight excluding hydrogens is 267 g/mol. The summed E-state index contributed by atoms with van der Waals surface area (Å²) in [5, 5.41) is 12.4. The molecule has 0 spiro atoms. The molecule has 2 aromatic rings. The number of alkyl halides is 3. The number of anilines is 3. The van der Waals surface area contributed by atoms with Gasteiger partial charge in [-0.2, -0.15) is 13.2 Å². The summed E-state index contributed by atoms with van der Waals surface area (Å²) < 4.78 is 37.0. The summed E-state index contributed by atoms with van der Waals surface area (Å²) in [7, 11) is 0. The number of thiazole rings is 1. The number of hydrogen-bond acceptors (Lipinski definition) is 5. The van der Waals surface area contributed by atoms with Crippen LogP contribution < -0.4 is 10.8 Å². The number of hydrogen-bond donors (Lipinski definition) is 3. The predicted molar refractivity (Wildman–Crippen MR) is 61.1 cm³/mol. The van der Waals surface area contributed by atoms with E-state index in [0.29, 0.717) is 11.4 Å². The molecule has 18 heavy (non-hydrogen) atoms. The molecule has 0 aliphatic carbocycles. The highest BCUT2D eigenvalue weighted by Crippen LogP contribution is 2.32. The van der Waals surface area contributed by atoms with Crippen molar-refractivity contribution >= 4 is 27.8 Å². The zero-order valence-electron chi connectivity index (χ0n) is 8.75. The van der Waals surface area contributed by atoms with Gasteiger partial charge in [0.25, 0.3) is 0 Å². The molecule has 0 bridgehead atoms. The predicted octanol–water partition coefficient (Wildman–Crippen LogP) is 3.51. The SMILES string of the molecule is ONc1[c]c(Nc2nc(C(F)(F)F)cs2)ccc1. The van der Waals surface area contributed by atoms with Crippen LogP contribution in [0.5, 0.6) is 0 Å².